The summed E-state index contributed by atoms with van der Waals surface area (Å²) in [5.74, 6) is -4.27. The van der Waals surface area contributed by atoms with E-state index in [2.05, 4.69) is 20.9 Å². The number of imide groups is 1. The lowest BCUT2D eigenvalue weighted by atomic mass is 9.95. The summed E-state index contributed by atoms with van der Waals surface area (Å²) in [7, 11) is -2.05. The number of carboxylic acid groups (broad SMARTS) is 2. The molecule has 3 saturated heterocycles. The second-order valence-electron chi connectivity index (χ2n) is 16.3. The van der Waals surface area contributed by atoms with Crippen molar-refractivity contribution in [2.24, 2.45) is 13.0 Å². The fourth-order valence-corrected chi connectivity index (χ4v) is 11.7. The van der Waals surface area contributed by atoms with Gasteiger partial charge in [0.25, 0.3) is 0 Å². The third-order valence-corrected chi connectivity index (χ3v) is 15.6. The molecule has 3 amide bonds. The van der Waals surface area contributed by atoms with E-state index in [4.69, 9.17) is 21.4 Å². The molecule has 21 heteroatoms. The molecule has 3 aliphatic rings. The SMILES string of the molecule is Cn1c(=O)n(C2CCC(=O)NC2=O)c2ccc(N3CCC(C(=O)Nc4cccc(CS(=O)(=O)N5CCC(Nc6cccc(-c7sc(C(=O)O)c(OCC(=O)O)c7Cl)c6)CC5)c4)CC3)cc21. The van der Waals surface area contributed by atoms with Crippen molar-refractivity contribution in [2.45, 2.75) is 56.4 Å². The van der Waals surface area contributed by atoms with Gasteiger partial charge in [0.05, 0.1) is 21.7 Å². The molecule has 0 bridgehead atoms. The van der Waals surface area contributed by atoms with Gasteiger partial charge in [-0.25, -0.2) is 27.1 Å². The van der Waals surface area contributed by atoms with Crippen molar-refractivity contribution in [1.82, 2.24) is 18.8 Å². The third-order valence-electron chi connectivity index (χ3n) is 12.1. The Bertz CT molecular complexity index is 2880. The summed E-state index contributed by atoms with van der Waals surface area (Å²) in [4.78, 5) is 76.2. The minimum absolute atomic E-state index is 0.000672. The van der Waals surface area contributed by atoms with Crippen LogP contribution in [-0.2, 0) is 42.0 Å². The van der Waals surface area contributed by atoms with Gasteiger partial charge in [0.15, 0.2) is 17.2 Å². The zero-order valence-electron chi connectivity index (χ0n) is 35.1. The van der Waals surface area contributed by atoms with Crippen LogP contribution in [0, 0.1) is 5.92 Å². The van der Waals surface area contributed by atoms with Crippen LogP contribution in [0.15, 0.2) is 71.5 Å². The lowest BCUT2D eigenvalue weighted by Gasteiger charge is -2.33. The first kappa shape index (κ1) is 45.4. The van der Waals surface area contributed by atoms with Gasteiger partial charge in [0.1, 0.15) is 11.1 Å². The second kappa shape index (κ2) is 18.7. The van der Waals surface area contributed by atoms with Crippen molar-refractivity contribution in [1.29, 1.82) is 0 Å². The smallest absolute Gasteiger partial charge is 0.349 e. The molecular formula is C44H46ClN7O11S2. The molecule has 0 saturated carbocycles. The summed E-state index contributed by atoms with van der Waals surface area (Å²) in [6.07, 6.45) is 2.62. The van der Waals surface area contributed by atoms with Crippen LogP contribution in [0.3, 0.4) is 0 Å². The molecule has 5 heterocycles. The number of fused-ring (bicyclic) bond motifs is 1. The number of halogens is 1. The number of benzene rings is 3. The maximum absolute atomic E-state index is 13.6. The first-order valence-electron chi connectivity index (χ1n) is 21.0. The predicted molar refractivity (Wildman–Crippen MR) is 244 cm³/mol. The molecule has 3 fully saturated rings. The topological polar surface area (TPSA) is 239 Å². The van der Waals surface area contributed by atoms with E-state index >= 15 is 0 Å². The Labute approximate surface area is 381 Å². The Morgan fingerprint density at radius 2 is 1.62 bits per heavy atom. The van der Waals surface area contributed by atoms with E-state index in [1.165, 1.54) is 13.4 Å². The fraction of sp³-hybridized carbons (Fsp3) is 0.364. The quantitative estimate of drug-likeness (QED) is 0.0910. The average molecular weight is 948 g/mol. The van der Waals surface area contributed by atoms with Crippen molar-refractivity contribution < 1.29 is 47.3 Å². The number of rotatable bonds is 14. The normalized spacial score (nSPS) is 17.8. The first-order chi connectivity index (χ1) is 31.1. The Morgan fingerprint density at radius 3 is 2.32 bits per heavy atom. The largest absolute Gasteiger partial charge is 0.479 e. The Balaban J connectivity index is 0.830. The lowest BCUT2D eigenvalue weighted by Crippen LogP contribution is -2.44. The van der Waals surface area contributed by atoms with Gasteiger partial charge in [-0.05, 0) is 85.7 Å². The summed E-state index contributed by atoms with van der Waals surface area (Å²) in [6, 6.07) is 18.8. The van der Waals surface area contributed by atoms with E-state index in [-0.39, 0.29) is 63.7 Å². The predicted octanol–water partition coefficient (Wildman–Crippen LogP) is 5.12. The van der Waals surface area contributed by atoms with Crippen molar-refractivity contribution in [2.75, 3.05) is 48.3 Å². The van der Waals surface area contributed by atoms with Crippen molar-refractivity contribution in [3.05, 3.63) is 92.7 Å². The maximum Gasteiger partial charge on any atom is 0.349 e. The number of sulfonamides is 1. The number of hydrogen-bond donors (Lipinski definition) is 5. The number of aromatic carboxylic acids is 1. The molecule has 65 heavy (non-hydrogen) atoms. The molecule has 342 valence electrons. The van der Waals surface area contributed by atoms with E-state index in [9.17, 15) is 42.3 Å². The fourth-order valence-electron chi connectivity index (χ4n) is 8.71. The summed E-state index contributed by atoms with van der Waals surface area (Å²) >= 11 is 7.36. The van der Waals surface area contributed by atoms with Crippen LogP contribution < -0.4 is 31.3 Å². The first-order valence-corrected chi connectivity index (χ1v) is 23.8. The van der Waals surface area contributed by atoms with E-state index in [0.29, 0.717) is 84.6 Å². The number of aryl methyl sites for hydroxylation is 1. The highest BCUT2D eigenvalue weighted by molar-refractivity contribution is 7.88. The molecular weight excluding hydrogens is 902 g/mol. The van der Waals surface area contributed by atoms with E-state index < -0.39 is 40.5 Å². The number of ether oxygens (including phenoxy) is 1. The van der Waals surface area contributed by atoms with E-state index in [1.807, 2.05) is 24.3 Å². The van der Waals surface area contributed by atoms with Gasteiger partial charge in [0.2, 0.25) is 27.7 Å². The maximum atomic E-state index is 13.6. The third kappa shape index (κ3) is 9.75. The molecule has 1 unspecified atom stereocenters. The molecule has 2 aromatic heterocycles. The van der Waals surface area contributed by atoms with Crippen LogP contribution in [0.5, 0.6) is 5.75 Å². The monoisotopic (exact) mass is 947 g/mol. The summed E-state index contributed by atoms with van der Waals surface area (Å²) in [5.41, 5.74) is 4.17. The van der Waals surface area contributed by atoms with Gasteiger partial charge in [0, 0.05) is 68.7 Å². The average Bonchev–Trinajstić information content (AvgIpc) is 3.74. The van der Waals surface area contributed by atoms with Gasteiger partial charge >= 0.3 is 17.6 Å². The molecule has 3 aromatic carbocycles. The number of amides is 3. The van der Waals surface area contributed by atoms with Crippen molar-refractivity contribution >= 4 is 90.7 Å². The molecule has 5 N–H and O–H groups in total. The number of imidazole rings is 1. The number of aliphatic carboxylic acids is 1. The molecule has 8 rings (SSSR count). The molecule has 1 atom stereocenters. The zero-order valence-corrected chi connectivity index (χ0v) is 37.5. The van der Waals surface area contributed by atoms with Crippen LogP contribution in [0.2, 0.25) is 5.02 Å². The van der Waals surface area contributed by atoms with Crippen LogP contribution in [-0.4, -0.2) is 101 Å². The molecule has 0 aliphatic carbocycles. The number of carbonyl (C=O) groups is 5. The Kier molecular flexibility index (Phi) is 13.1. The number of thiophene rings is 1. The number of aromatic nitrogens is 2. The molecule has 0 spiro atoms. The lowest BCUT2D eigenvalue weighted by molar-refractivity contribution is -0.139. The highest BCUT2D eigenvalue weighted by Crippen LogP contribution is 2.46. The van der Waals surface area contributed by atoms with Crippen LogP contribution in [0.1, 0.15) is 59.8 Å². The molecule has 5 aromatic rings. The number of nitrogens with zero attached hydrogens (tertiary/aromatic N) is 4. The Hall–Kier alpha value is -6.22. The highest BCUT2D eigenvalue weighted by atomic mass is 35.5. The van der Waals surface area contributed by atoms with Crippen molar-refractivity contribution in [3.8, 4) is 16.2 Å². The minimum Gasteiger partial charge on any atom is -0.479 e. The van der Waals surface area contributed by atoms with Crippen LogP contribution in [0.4, 0.5) is 17.1 Å². The van der Waals surface area contributed by atoms with Gasteiger partial charge < -0.3 is 30.5 Å². The number of carbonyl (C=O) groups excluding carboxylic acids is 3. The van der Waals surface area contributed by atoms with E-state index in [0.717, 1.165) is 22.7 Å². The van der Waals surface area contributed by atoms with Gasteiger partial charge in [-0.15, -0.1) is 11.3 Å². The number of anilines is 3. The van der Waals surface area contributed by atoms with E-state index in [1.54, 1.807) is 49.5 Å². The molecule has 18 nitrogen and oxygen atoms in total. The Morgan fingerprint density at radius 1 is 0.892 bits per heavy atom. The van der Waals surface area contributed by atoms with Gasteiger partial charge in [-0.1, -0.05) is 35.9 Å². The highest BCUT2D eigenvalue weighted by Gasteiger charge is 2.33. The standard InChI is InChI=1S/C44H46ClN7O11S2/c1-49-34-22-31(8-9-32(34)52(44(49)60)33-10-11-35(53)48-42(33)57)50-16-12-26(13-17-50)41(56)47-29-6-2-4-25(20-29)24-65(61,62)51-18-14-28(15-19-51)46-30-7-3-5-27(21-30)39-37(45)38(63-23-36(54)55)40(64-39)43(58)59/h2-9,20-22,26,28,33,46H,10-19,23-24H2,1H3,(H,47,56)(H,54,55)(H,58,59)(H,48,53,57). The van der Waals surface area contributed by atoms with Crippen LogP contribution in [0.25, 0.3) is 21.5 Å². The van der Waals surface area contributed by atoms with Gasteiger partial charge in [-0.2, -0.15) is 0 Å². The van der Waals surface area contributed by atoms with Crippen molar-refractivity contribution in [3.63, 3.8) is 0 Å². The zero-order chi connectivity index (χ0) is 46.2. The molecule has 0 radical (unpaired) electrons. The number of nitrogens with one attached hydrogen (secondary N) is 3. The summed E-state index contributed by atoms with van der Waals surface area (Å²) < 4.78 is 36.9. The number of hydrogen-bond acceptors (Lipinski definition) is 12. The minimum atomic E-state index is -3.70. The number of carboxylic acids is 2. The second-order valence-corrected chi connectivity index (χ2v) is 19.7. The van der Waals surface area contributed by atoms with Gasteiger partial charge in [-0.3, -0.25) is 28.8 Å². The summed E-state index contributed by atoms with van der Waals surface area (Å²) in [6.45, 7) is 1.02. The number of piperidine rings is 3. The van der Waals surface area contributed by atoms with Crippen LogP contribution >= 0.6 is 22.9 Å². The molecule has 3 aliphatic heterocycles. The summed E-state index contributed by atoms with van der Waals surface area (Å²) in [5, 5.41) is 27.4.